The quantitative estimate of drug-likeness (QED) is 0.422. The first-order valence-corrected chi connectivity index (χ1v) is 8.83. The smallest absolute Gasteiger partial charge is 0.289 e. The molecule has 0 bridgehead atoms. The van der Waals surface area contributed by atoms with Crippen LogP contribution in [0.5, 0.6) is 5.75 Å². The summed E-state index contributed by atoms with van der Waals surface area (Å²) in [5.74, 6) is 0.442. The minimum atomic E-state index is -0.602. The highest BCUT2D eigenvalue weighted by Crippen LogP contribution is 2.27. The van der Waals surface area contributed by atoms with Gasteiger partial charge in [-0.25, -0.2) is 0 Å². The van der Waals surface area contributed by atoms with Crippen LogP contribution in [0.1, 0.15) is 25.3 Å². The molecule has 2 aromatic carbocycles. The number of rotatable bonds is 6. The van der Waals surface area contributed by atoms with E-state index in [-0.39, 0.29) is 28.3 Å². The minimum Gasteiger partial charge on any atom is -0.483 e. The minimum absolute atomic E-state index is 0.00244. The average molecular weight is 408 g/mol. The van der Waals surface area contributed by atoms with Crippen LogP contribution in [0.3, 0.4) is 0 Å². The lowest BCUT2D eigenvalue weighted by atomic mass is 10.0. The molecule has 0 aliphatic heterocycles. The molecule has 0 saturated carbocycles. The number of anilines is 1. The number of nitro benzene ring substituents is 1. The Hall–Kier alpha value is -2.71. The summed E-state index contributed by atoms with van der Waals surface area (Å²) in [6.07, 6.45) is 0. The summed E-state index contributed by atoms with van der Waals surface area (Å²) < 4.78 is 5.57. The summed E-state index contributed by atoms with van der Waals surface area (Å²) in [5, 5.41) is 16.1. The maximum Gasteiger partial charge on any atom is 0.289 e. The molecule has 2 aromatic rings. The molecule has 7 nitrogen and oxygen atoms in total. The molecular formula is C18H18ClN3O4S. The highest BCUT2D eigenvalue weighted by molar-refractivity contribution is 7.80. The van der Waals surface area contributed by atoms with Gasteiger partial charge in [0, 0.05) is 11.8 Å². The zero-order valence-electron chi connectivity index (χ0n) is 14.7. The highest BCUT2D eigenvalue weighted by Gasteiger charge is 2.14. The molecule has 142 valence electrons. The number of hydrogen-bond acceptors (Lipinski definition) is 5. The van der Waals surface area contributed by atoms with E-state index in [1.54, 1.807) is 6.07 Å². The summed E-state index contributed by atoms with van der Waals surface area (Å²) in [7, 11) is 0. The molecule has 0 aliphatic rings. The van der Waals surface area contributed by atoms with Gasteiger partial charge in [-0.2, -0.15) is 0 Å². The predicted octanol–water partition coefficient (Wildman–Crippen LogP) is 4.26. The van der Waals surface area contributed by atoms with Crippen molar-refractivity contribution in [3.8, 4) is 5.75 Å². The van der Waals surface area contributed by atoms with Crippen molar-refractivity contribution in [2.24, 2.45) is 0 Å². The highest BCUT2D eigenvalue weighted by atomic mass is 35.5. The van der Waals surface area contributed by atoms with Crippen LogP contribution in [0.25, 0.3) is 0 Å². The molecule has 0 atom stereocenters. The van der Waals surface area contributed by atoms with Crippen LogP contribution in [0, 0.1) is 10.1 Å². The molecular weight excluding hydrogens is 390 g/mol. The number of nitrogens with zero attached hydrogens (tertiary/aromatic N) is 1. The maximum absolute atomic E-state index is 12.0. The fourth-order valence-electron chi connectivity index (χ4n) is 2.29. The lowest BCUT2D eigenvalue weighted by molar-refractivity contribution is -0.384. The van der Waals surface area contributed by atoms with E-state index < -0.39 is 10.8 Å². The first kappa shape index (κ1) is 20.6. The third-order valence-corrected chi connectivity index (χ3v) is 4.08. The summed E-state index contributed by atoms with van der Waals surface area (Å²) >= 11 is 10.8. The number of nitrogens with one attached hydrogen (secondary N) is 2. The summed E-state index contributed by atoms with van der Waals surface area (Å²) in [6, 6.07) is 11.6. The molecule has 0 aromatic heterocycles. The molecule has 2 rings (SSSR count). The number of benzene rings is 2. The molecule has 2 N–H and O–H groups in total. The van der Waals surface area contributed by atoms with Crippen LogP contribution >= 0.6 is 23.8 Å². The van der Waals surface area contributed by atoms with E-state index in [0.717, 1.165) is 5.56 Å². The van der Waals surface area contributed by atoms with Crippen molar-refractivity contribution in [3.63, 3.8) is 0 Å². The second kappa shape index (κ2) is 9.29. The third-order valence-electron chi connectivity index (χ3n) is 3.55. The van der Waals surface area contributed by atoms with Gasteiger partial charge >= 0.3 is 0 Å². The lowest BCUT2D eigenvalue weighted by Gasteiger charge is -2.14. The molecule has 0 radical (unpaired) electrons. The largest absolute Gasteiger partial charge is 0.483 e. The second-order valence-corrected chi connectivity index (χ2v) is 6.72. The number of carbonyl (C=O) groups excluding carboxylic acids is 1. The van der Waals surface area contributed by atoms with E-state index in [9.17, 15) is 14.9 Å². The van der Waals surface area contributed by atoms with E-state index in [0.29, 0.717) is 11.4 Å². The van der Waals surface area contributed by atoms with Gasteiger partial charge in [0.25, 0.3) is 11.6 Å². The van der Waals surface area contributed by atoms with Crippen molar-refractivity contribution in [2.45, 2.75) is 19.8 Å². The van der Waals surface area contributed by atoms with Gasteiger partial charge in [0.05, 0.1) is 4.92 Å². The molecule has 9 heteroatoms. The fourth-order valence-corrected chi connectivity index (χ4v) is 2.71. The van der Waals surface area contributed by atoms with Crippen molar-refractivity contribution in [3.05, 3.63) is 63.2 Å². The van der Waals surface area contributed by atoms with Gasteiger partial charge in [0.2, 0.25) is 0 Å². The number of thiocarbonyl (C=S) groups is 1. The van der Waals surface area contributed by atoms with Crippen LogP contribution in [-0.2, 0) is 4.79 Å². The molecule has 0 heterocycles. The number of para-hydroxylation sites is 1. The summed E-state index contributed by atoms with van der Waals surface area (Å²) in [6.45, 7) is 3.85. The van der Waals surface area contributed by atoms with E-state index in [1.807, 2.05) is 32.0 Å². The molecule has 0 spiro atoms. The summed E-state index contributed by atoms with van der Waals surface area (Å²) in [5.41, 5.74) is 1.08. The first-order chi connectivity index (χ1) is 12.8. The van der Waals surface area contributed by atoms with Crippen LogP contribution in [0.2, 0.25) is 5.02 Å². The number of hydrogen-bond donors (Lipinski definition) is 2. The Morgan fingerprint density at radius 2 is 2.00 bits per heavy atom. The number of halogens is 1. The monoisotopic (exact) mass is 407 g/mol. The van der Waals surface area contributed by atoms with Crippen LogP contribution in [0.15, 0.2) is 42.5 Å². The summed E-state index contributed by atoms with van der Waals surface area (Å²) in [4.78, 5) is 22.3. The molecule has 0 fully saturated rings. The van der Waals surface area contributed by atoms with Gasteiger partial charge in [-0.05, 0) is 41.9 Å². The van der Waals surface area contributed by atoms with E-state index in [4.69, 9.17) is 28.6 Å². The molecule has 1 amide bonds. The standard InChI is InChI=1S/C18H18ClN3O4S/c1-11(2)13-5-3-4-6-16(13)26-10-17(23)21-18(27)20-12-7-8-14(19)15(9-12)22(24)25/h3-9,11H,10H2,1-2H3,(H2,20,21,23,27). The van der Waals surface area contributed by atoms with Gasteiger partial charge in [-0.3, -0.25) is 20.2 Å². The number of nitro groups is 1. The Labute approximate surface area is 166 Å². The number of amides is 1. The lowest BCUT2D eigenvalue weighted by Crippen LogP contribution is -2.37. The van der Waals surface area contributed by atoms with Gasteiger partial charge < -0.3 is 10.1 Å². The zero-order valence-corrected chi connectivity index (χ0v) is 16.3. The van der Waals surface area contributed by atoms with E-state index in [2.05, 4.69) is 10.6 Å². The Bertz CT molecular complexity index is 873. The first-order valence-electron chi connectivity index (χ1n) is 8.04. The zero-order chi connectivity index (χ0) is 20.0. The molecule has 0 unspecified atom stereocenters. The van der Waals surface area contributed by atoms with Gasteiger partial charge in [-0.15, -0.1) is 0 Å². The Morgan fingerprint density at radius 1 is 1.30 bits per heavy atom. The Kier molecular flexibility index (Phi) is 7.09. The van der Waals surface area contributed by atoms with Crippen molar-refractivity contribution in [1.82, 2.24) is 5.32 Å². The fraction of sp³-hybridized carbons (Fsp3) is 0.222. The van der Waals surface area contributed by atoms with Crippen LogP contribution < -0.4 is 15.4 Å². The number of ether oxygens (including phenoxy) is 1. The predicted molar refractivity (Wildman–Crippen MR) is 108 cm³/mol. The molecule has 27 heavy (non-hydrogen) atoms. The topological polar surface area (TPSA) is 93.5 Å². The molecule has 0 saturated heterocycles. The van der Waals surface area contributed by atoms with Crippen molar-refractivity contribution in [2.75, 3.05) is 11.9 Å². The van der Waals surface area contributed by atoms with Crippen molar-refractivity contribution >= 4 is 46.2 Å². The maximum atomic E-state index is 12.0. The van der Waals surface area contributed by atoms with Crippen LogP contribution in [0.4, 0.5) is 11.4 Å². The van der Waals surface area contributed by atoms with E-state index in [1.165, 1.54) is 18.2 Å². The normalized spacial score (nSPS) is 10.4. The van der Waals surface area contributed by atoms with Gasteiger partial charge in [0.1, 0.15) is 10.8 Å². The number of carbonyl (C=O) groups is 1. The van der Waals surface area contributed by atoms with Crippen LogP contribution in [-0.4, -0.2) is 22.5 Å². The SMILES string of the molecule is CC(C)c1ccccc1OCC(=O)NC(=S)Nc1ccc(Cl)c([N+](=O)[O-])c1. The second-order valence-electron chi connectivity index (χ2n) is 5.91. The van der Waals surface area contributed by atoms with E-state index >= 15 is 0 Å². The van der Waals surface area contributed by atoms with Gasteiger partial charge in [-0.1, -0.05) is 43.6 Å². The average Bonchev–Trinajstić information content (AvgIpc) is 2.61. The van der Waals surface area contributed by atoms with Crippen molar-refractivity contribution < 1.29 is 14.5 Å². The Morgan fingerprint density at radius 3 is 2.67 bits per heavy atom. The molecule has 0 aliphatic carbocycles. The third kappa shape index (κ3) is 5.90. The Balaban J connectivity index is 1.92. The van der Waals surface area contributed by atoms with Gasteiger partial charge in [0.15, 0.2) is 11.7 Å². The van der Waals surface area contributed by atoms with Crippen molar-refractivity contribution in [1.29, 1.82) is 0 Å².